The molecule has 7 heteroatoms. The number of benzene rings is 1. The van der Waals surface area contributed by atoms with Crippen LogP contribution in [-0.2, 0) is 11.8 Å². The molecule has 4 aliphatic carbocycles. The van der Waals surface area contributed by atoms with Crippen LogP contribution in [0.1, 0.15) is 54.8 Å². The first-order valence-corrected chi connectivity index (χ1v) is 13.3. The number of aliphatic hydroxyl groups excluding tert-OH is 1. The quantitative estimate of drug-likeness (QED) is 0.553. The fourth-order valence-electron chi connectivity index (χ4n) is 7.41. The van der Waals surface area contributed by atoms with E-state index in [9.17, 15) is 5.11 Å². The van der Waals surface area contributed by atoms with Gasteiger partial charge in [-0.15, -0.1) is 11.3 Å². The molecular formula is C27H33N3O3S. The number of methoxy groups -OCH3 is 2. The number of aliphatic hydroxyl groups is 1. The van der Waals surface area contributed by atoms with Crippen LogP contribution in [0.3, 0.4) is 0 Å². The van der Waals surface area contributed by atoms with Crippen LogP contribution in [0, 0.1) is 23.2 Å². The van der Waals surface area contributed by atoms with E-state index in [-0.39, 0.29) is 11.2 Å². The number of hydrogen-bond donors (Lipinski definition) is 2. The molecule has 5 aliphatic rings. The topological polar surface area (TPSA) is 78.7 Å². The molecule has 0 spiro atoms. The Kier molecular flexibility index (Phi) is 5.36. The van der Waals surface area contributed by atoms with E-state index in [1.54, 1.807) is 25.6 Å². The van der Waals surface area contributed by atoms with Crippen molar-refractivity contribution in [2.24, 2.45) is 17.8 Å². The molecule has 6 nitrogen and oxygen atoms in total. The van der Waals surface area contributed by atoms with Crippen molar-refractivity contribution in [1.82, 2.24) is 9.88 Å². The van der Waals surface area contributed by atoms with Crippen molar-refractivity contribution in [2.45, 2.75) is 50.4 Å². The van der Waals surface area contributed by atoms with Crippen LogP contribution in [0.15, 0.2) is 29.3 Å². The first-order valence-electron chi connectivity index (χ1n) is 12.4. The Bertz CT molecular complexity index is 1120. The molecule has 34 heavy (non-hydrogen) atoms. The normalized spacial score (nSPS) is 29.9. The zero-order valence-corrected chi connectivity index (χ0v) is 20.8. The third-order valence-electron chi connectivity index (χ3n) is 8.60. The van der Waals surface area contributed by atoms with Crippen LogP contribution in [0.25, 0.3) is 5.57 Å². The first-order chi connectivity index (χ1) is 16.5. The highest BCUT2D eigenvalue weighted by molar-refractivity contribution is 7.11. The van der Waals surface area contributed by atoms with Gasteiger partial charge in [-0.2, -0.15) is 0 Å². The van der Waals surface area contributed by atoms with Crippen LogP contribution < -0.4 is 9.47 Å². The summed E-state index contributed by atoms with van der Waals surface area (Å²) in [7, 11) is 3.27. The van der Waals surface area contributed by atoms with Gasteiger partial charge in [-0.3, -0.25) is 5.41 Å². The lowest BCUT2D eigenvalue weighted by molar-refractivity contribution is -0.00694. The standard InChI is InChI=1S/C27H33N3O3S/c1-32-21-4-3-16(10-22(21)33-2)5-6-30-14-20(31)24(25(30)28)26-29-23(15-34-26)27-11-17-7-18(12-27)9-19(8-17)13-27/h3-4,10,15,17-19,28,31H,5-9,11-14H2,1-2H3. The lowest BCUT2D eigenvalue weighted by Gasteiger charge is -2.56. The van der Waals surface area contributed by atoms with E-state index < -0.39 is 0 Å². The minimum atomic E-state index is 0.244. The van der Waals surface area contributed by atoms with Gasteiger partial charge in [0.1, 0.15) is 16.6 Å². The third kappa shape index (κ3) is 3.60. The summed E-state index contributed by atoms with van der Waals surface area (Å²) in [5.74, 6) is 4.69. The molecule has 0 saturated heterocycles. The number of nitrogens with zero attached hydrogens (tertiary/aromatic N) is 2. The molecular weight excluding hydrogens is 446 g/mol. The van der Waals surface area contributed by atoms with Crippen molar-refractivity contribution in [2.75, 3.05) is 27.3 Å². The van der Waals surface area contributed by atoms with Gasteiger partial charge in [0.25, 0.3) is 0 Å². The molecule has 0 radical (unpaired) electrons. The summed E-state index contributed by atoms with van der Waals surface area (Å²) in [5.41, 5.74) is 3.20. The molecule has 2 heterocycles. The fraction of sp³-hybridized carbons (Fsp3) is 0.556. The summed E-state index contributed by atoms with van der Waals surface area (Å²) in [6.07, 6.45) is 8.84. The predicted octanol–water partition coefficient (Wildman–Crippen LogP) is 5.43. The van der Waals surface area contributed by atoms with Crippen LogP contribution in [0.5, 0.6) is 11.5 Å². The van der Waals surface area contributed by atoms with Crippen molar-refractivity contribution in [3.8, 4) is 11.5 Å². The highest BCUT2D eigenvalue weighted by Crippen LogP contribution is 2.60. The maximum absolute atomic E-state index is 10.8. The zero-order chi connectivity index (χ0) is 23.4. The maximum atomic E-state index is 10.8. The average molecular weight is 480 g/mol. The summed E-state index contributed by atoms with van der Waals surface area (Å²) < 4.78 is 10.7. The zero-order valence-electron chi connectivity index (χ0n) is 20.0. The average Bonchev–Trinajstić information content (AvgIpc) is 3.41. The molecule has 1 aromatic heterocycles. The number of amidine groups is 1. The fourth-order valence-corrected chi connectivity index (χ4v) is 8.42. The maximum Gasteiger partial charge on any atom is 0.160 e. The van der Waals surface area contributed by atoms with Crippen molar-refractivity contribution >= 4 is 22.7 Å². The van der Waals surface area contributed by atoms with Crippen molar-refractivity contribution in [1.29, 1.82) is 5.41 Å². The molecule has 4 saturated carbocycles. The Morgan fingerprint density at radius 3 is 2.41 bits per heavy atom. The molecule has 2 N–H and O–H groups in total. The summed E-state index contributed by atoms with van der Waals surface area (Å²) in [6.45, 7) is 1.02. The van der Waals surface area contributed by atoms with E-state index >= 15 is 0 Å². The summed E-state index contributed by atoms with van der Waals surface area (Å²) in [4.78, 5) is 7.02. The van der Waals surface area contributed by atoms with Gasteiger partial charge < -0.3 is 19.5 Å². The van der Waals surface area contributed by atoms with Gasteiger partial charge in [0, 0.05) is 17.3 Å². The Morgan fingerprint density at radius 1 is 1.09 bits per heavy atom. The predicted molar refractivity (Wildman–Crippen MR) is 134 cm³/mol. The second kappa shape index (κ2) is 8.29. The highest BCUT2D eigenvalue weighted by atomic mass is 32.1. The summed E-state index contributed by atoms with van der Waals surface area (Å²) >= 11 is 1.60. The third-order valence-corrected chi connectivity index (χ3v) is 9.46. The second-order valence-electron chi connectivity index (χ2n) is 10.8. The molecule has 0 unspecified atom stereocenters. The minimum absolute atomic E-state index is 0.244. The Labute approximate surface area is 205 Å². The van der Waals surface area contributed by atoms with E-state index in [1.807, 2.05) is 23.1 Å². The van der Waals surface area contributed by atoms with Crippen molar-refractivity contribution in [3.63, 3.8) is 0 Å². The first kappa shape index (κ1) is 22.0. The van der Waals surface area contributed by atoms with E-state index in [1.165, 1.54) is 44.2 Å². The molecule has 7 rings (SSSR count). The van der Waals surface area contributed by atoms with Crippen LogP contribution >= 0.6 is 11.3 Å². The van der Waals surface area contributed by atoms with Gasteiger partial charge in [0.2, 0.25) is 0 Å². The second-order valence-corrected chi connectivity index (χ2v) is 11.6. The van der Waals surface area contributed by atoms with Crippen molar-refractivity contribution in [3.05, 3.63) is 45.6 Å². The van der Waals surface area contributed by atoms with E-state index in [0.29, 0.717) is 36.0 Å². The van der Waals surface area contributed by atoms with Crippen LogP contribution in [0.2, 0.25) is 0 Å². The molecule has 0 atom stereocenters. The number of aromatic nitrogens is 1. The van der Waals surface area contributed by atoms with Gasteiger partial charge in [-0.25, -0.2) is 4.98 Å². The molecule has 2 aromatic rings. The number of rotatable bonds is 7. The van der Waals surface area contributed by atoms with Crippen LogP contribution in [-0.4, -0.2) is 48.1 Å². The van der Waals surface area contributed by atoms with Gasteiger partial charge in [-0.05, 0) is 80.4 Å². The van der Waals surface area contributed by atoms with Gasteiger partial charge >= 0.3 is 0 Å². The lowest BCUT2D eigenvalue weighted by Crippen LogP contribution is -2.48. The smallest absolute Gasteiger partial charge is 0.160 e. The lowest BCUT2D eigenvalue weighted by atomic mass is 9.49. The molecule has 1 aromatic carbocycles. The van der Waals surface area contributed by atoms with Crippen LogP contribution in [0.4, 0.5) is 0 Å². The monoisotopic (exact) mass is 479 g/mol. The Balaban J connectivity index is 1.16. The highest BCUT2D eigenvalue weighted by Gasteiger charge is 2.52. The van der Waals surface area contributed by atoms with Gasteiger partial charge in [0.15, 0.2) is 11.5 Å². The Hall–Kier alpha value is -2.54. The molecule has 180 valence electrons. The summed E-state index contributed by atoms with van der Waals surface area (Å²) in [6, 6.07) is 5.91. The number of thiazole rings is 1. The molecule has 4 fully saturated rings. The van der Waals surface area contributed by atoms with E-state index in [0.717, 1.165) is 34.7 Å². The number of hydrogen-bond acceptors (Lipinski definition) is 6. The molecule has 4 bridgehead atoms. The number of nitrogens with one attached hydrogen (secondary N) is 1. The Morgan fingerprint density at radius 2 is 1.76 bits per heavy atom. The number of ether oxygens (including phenoxy) is 2. The largest absolute Gasteiger partial charge is 0.510 e. The molecule has 1 aliphatic heterocycles. The van der Waals surface area contributed by atoms with Crippen molar-refractivity contribution < 1.29 is 14.6 Å². The van der Waals surface area contributed by atoms with E-state index in [2.05, 4.69) is 5.38 Å². The minimum Gasteiger partial charge on any atom is -0.510 e. The van der Waals surface area contributed by atoms with Gasteiger partial charge in [0.05, 0.1) is 32.0 Å². The molecule has 0 amide bonds. The SMILES string of the molecule is COc1ccc(CCN2CC(O)=C(c3nc(C45CC6CC(CC(C6)C4)C5)cs3)C2=N)cc1OC. The van der Waals surface area contributed by atoms with E-state index in [4.69, 9.17) is 19.9 Å². The van der Waals surface area contributed by atoms with Gasteiger partial charge in [-0.1, -0.05) is 6.07 Å². The summed E-state index contributed by atoms with van der Waals surface area (Å²) in [5, 5.41) is 22.6.